The van der Waals surface area contributed by atoms with Crippen LogP contribution < -0.4 is 0 Å². The third kappa shape index (κ3) is 5.33. The van der Waals surface area contributed by atoms with Crippen molar-refractivity contribution in [1.29, 1.82) is 0 Å². The molecule has 3 aromatic rings. The molecule has 2 aromatic heterocycles. The quantitative estimate of drug-likeness (QED) is 0.597. The van der Waals surface area contributed by atoms with Crippen LogP contribution in [0.25, 0.3) is 10.9 Å². The molecule has 0 N–H and O–H groups in total. The monoisotopic (exact) mass is 439 g/mol. The van der Waals surface area contributed by atoms with E-state index in [-0.39, 0.29) is 11.3 Å². The Balaban J connectivity index is 1.29. The lowest BCUT2D eigenvalue weighted by Crippen LogP contribution is -2.35. The largest absolute Gasteiger partial charge is 0.341 e. The summed E-state index contributed by atoms with van der Waals surface area (Å²) in [6.45, 7) is 13.7. The lowest BCUT2D eigenvalue weighted by Gasteiger charge is -2.22. The average Bonchev–Trinajstić information content (AvgIpc) is 3.27. The molecule has 7 heteroatoms. The number of carbonyl (C=O) groups is 1. The predicted octanol–water partition coefficient (Wildman–Crippen LogP) is 4.22. The van der Waals surface area contributed by atoms with E-state index >= 15 is 0 Å². The first-order chi connectivity index (χ1) is 14.8. The van der Waals surface area contributed by atoms with Crippen LogP contribution in [0.15, 0.2) is 29.8 Å². The lowest BCUT2D eigenvalue weighted by atomic mass is 9.98. The van der Waals surface area contributed by atoms with Crippen LogP contribution in [0, 0.1) is 6.92 Å². The number of amides is 1. The molecule has 0 bridgehead atoms. The Kier molecular flexibility index (Phi) is 6.44. The lowest BCUT2D eigenvalue weighted by molar-refractivity contribution is -0.131. The second kappa shape index (κ2) is 9.09. The van der Waals surface area contributed by atoms with Crippen LogP contribution in [0.4, 0.5) is 0 Å². The second-order valence-electron chi connectivity index (χ2n) is 9.58. The molecular weight excluding hydrogens is 406 g/mol. The minimum Gasteiger partial charge on any atom is -0.341 e. The number of aromatic nitrogens is 3. The molecule has 1 aromatic carbocycles. The molecular formula is C24H33N5OS. The average molecular weight is 440 g/mol. The number of hydrogen-bond donors (Lipinski definition) is 0. The van der Waals surface area contributed by atoms with E-state index < -0.39 is 0 Å². The molecule has 1 aliphatic heterocycles. The highest BCUT2D eigenvalue weighted by atomic mass is 32.1. The molecule has 0 saturated carbocycles. The third-order valence-electron chi connectivity index (χ3n) is 5.85. The van der Waals surface area contributed by atoms with Gasteiger partial charge >= 0.3 is 0 Å². The molecule has 1 aliphatic rings. The SMILES string of the molecule is Cc1ccc2c(cnn2CCC(=O)N2CCCN(Cc3csc(C(C)(C)C)n3)CC2)c1. The van der Waals surface area contributed by atoms with Crippen molar-refractivity contribution in [3.8, 4) is 0 Å². The smallest absolute Gasteiger partial charge is 0.224 e. The van der Waals surface area contributed by atoms with Crippen molar-refractivity contribution in [2.45, 2.75) is 59.0 Å². The predicted molar refractivity (Wildman–Crippen MR) is 126 cm³/mol. The zero-order valence-electron chi connectivity index (χ0n) is 19.1. The molecule has 6 nitrogen and oxygen atoms in total. The van der Waals surface area contributed by atoms with E-state index in [1.807, 2.05) is 15.8 Å². The molecule has 0 atom stereocenters. The summed E-state index contributed by atoms with van der Waals surface area (Å²) in [6.07, 6.45) is 3.39. The first-order valence-electron chi connectivity index (χ1n) is 11.2. The fraction of sp³-hybridized carbons (Fsp3) is 0.542. The van der Waals surface area contributed by atoms with Gasteiger partial charge in [-0.3, -0.25) is 14.4 Å². The van der Waals surface area contributed by atoms with Gasteiger partial charge in [0.2, 0.25) is 5.91 Å². The number of nitrogens with zero attached hydrogens (tertiary/aromatic N) is 5. The number of thiazole rings is 1. The standard InChI is InChI=1S/C24H33N5OS/c1-18-6-7-21-19(14-18)15-25-29(21)11-8-22(30)28-10-5-9-27(12-13-28)16-20-17-31-23(26-20)24(2,3)4/h6-7,14-15,17H,5,8-13,16H2,1-4H3. The number of fused-ring (bicyclic) bond motifs is 1. The van der Waals surface area contributed by atoms with Crippen LogP contribution in [0.1, 0.15) is 49.9 Å². The molecule has 0 unspecified atom stereocenters. The zero-order chi connectivity index (χ0) is 22.0. The van der Waals surface area contributed by atoms with Crippen molar-refractivity contribution in [3.63, 3.8) is 0 Å². The van der Waals surface area contributed by atoms with E-state index in [1.165, 1.54) is 10.6 Å². The molecule has 31 heavy (non-hydrogen) atoms. The number of carbonyl (C=O) groups excluding carboxylic acids is 1. The summed E-state index contributed by atoms with van der Waals surface area (Å²) >= 11 is 1.75. The zero-order valence-corrected chi connectivity index (χ0v) is 19.9. The number of benzene rings is 1. The molecule has 1 saturated heterocycles. The summed E-state index contributed by atoms with van der Waals surface area (Å²) in [5.41, 5.74) is 3.57. The van der Waals surface area contributed by atoms with Gasteiger partial charge in [0.25, 0.3) is 0 Å². The highest BCUT2D eigenvalue weighted by Gasteiger charge is 2.22. The van der Waals surface area contributed by atoms with Crippen molar-refractivity contribution < 1.29 is 4.79 Å². The molecule has 3 heterocycles. The van der Waals surface area contributed by atoms with Crippen LogP contribution in [-0.2, 0) is 23.3 Å². The third-order valence-corrected chi connectivity index (χ3v) is 7.17. The Morgan fingerprint density at radius 2 is 2.00 bits per heavy atom. The Hall–Kier alpha value is -2.25. The Labute approximate surface area is 188 Å². The summed E-state index contributed by atoms with van der Waals surface area (Å²) in [5.74, 6) is 0.223. The Morgan fingerprint density at radius 3 is 2.77 bits per heavy atom. The summed E-state index contributed by atoms with van der Waals surface area (Å²) in [7, 11) is 0. The molecule has 1 fully saturated rings. The summed E-state index contributed by atoms with van der Waals surface area (Å²) in [6, 6.07) is 6.32. The number of hydrogen-bond acceptors (Lipinski definition) is 5. The van der Waals surface area contributed by atoms with Gasteiger partial charge in [0.15, 0.2) is 0 Å². The minimum atomic E-state index is 0.101. The van der Waals surface area contributed by atoms with Gasteiger partial charge in [-0.1, -0.05) is 32.4 Å². The van der Waals surface area contributed by atoms with Crippen LogP contribution in [-0.4, -0.2) is 56.7 Å². The summed E-state index contributed by atoms with van der Waals surface area (Å²) < 4.78 is 1.95. The van der Waals surface area contributed by atoms with Crippen molar-refractivity contribution in [3.05, 3.63) is 46.0 Å². The van der Waals surface area contributed by atoms with Gasteiger partial charge in [-0.25, -0.2) is 4.98 Å². The normalized spacial score (nSPS) is 16.1. The topological polar surface area (TPSA) is 54.3 Å². The maximum absolute atomic E-state index is 12.9. The molecule has 0 aliphatic carbocycles. The summed E-state index contributed by atoms with van der Waals surface area (Å²) in [5, 5.41) is 8.99. The fourth-order valence-corrected chi connectivity index (χ4v) is 4.97. The number of aryl methyl sites for hydroxylation is 2. The minimum absolute atomic E-state index is 0.101. The van der Waals surface area contributed by atoms with Crippen molar-refractivity contribution in [2.75, 3.05) is 26.2 Å². The molecule has 4 rings (SSSR count). The van der Waals surface area contributed by atoms with Gasteiger partial charge in [-0.15, -0.1) is 11.3 Å². The molecule has 1 amide bonds. The highest BCUT2D eigenvalue weighted by molar-refractivity contribution is 7.09. The maximum atomic E-state index is 12.9. The van der Waals surface area contributed by atoms with Crippen molar-refractivity contribution in [2.24, 2.45) is 0 Å². The maximum Gasteiger partial charge on any atom is 0.224 e. The van der Waals surface area contributed by atoms with Gasteiger partial charge in [-0.05, 0) is 25.5 Å². The fourth-order valence-electron chi connectivity index (χ4n) is 4.08. The second-order valence-corrected chi connectivity index (χ2v) is 10.4. The van der Waals surface area contributed by atoms with Gasteiger partial charge in [0.1, 0.15) is 0 Å². The van der Waals surface area contributed by atoms with Crippen molar-refractivity contribution in [1.82, 2.24) is 24.6 Å². The van der Waals surface area contributed by atoms with Gasteiger partial charge in [0, 0.05) is 55.3 Å². The van der Waals surface area contributed by atoms with Gasteiger partial charge < -0.3 is 4.90 Å². The van der Waals surface area contributed by atoms with E-state index in [2.05, 4.69) is 61.3 Å². The van der Waals surface area contributed by atoms with Crippen LogP contribution in [0.2, 0.25) is 0 Å². The Bertz CT molecular complexity index is 1050. The molecule has 0 radical (unpaired) electrons. The van der Waals surface area contributed by atoms with Crippen LogP contribution >= 0.6 is 11.3 Å². The van der Waals surface area contributed by atoms with E-state index in [1.54, 1.807) is 11.3 Å². The van der Waals surface area contributed by atoms with Gasteiger partial charge in [-0.2, -0.15) is 5.10 Å². The van der Waals surface area contributed by atoms with E-state index in [0.717, 1.165) is 55.7 Å². The van der Waals surface area contributed by atoms with E-state index in [4.69, 9.17) is 4.98 Å². The van der Waals surface area contributed by atoms with Crippen LogP contribution in [0.5, 0.6) is 0 Å². The van der Waals surface area contributed by atoms with E-state index in [0.29, 0.717) is 13.0 Å². The summed E-state index contributed by atoms with van der Waals surface area (Å²) in [4.78, 5) is 22.2. The highest BCUT2D eigenvalue weighted by Crippen LogP contribution is 2.26. The Morgan fingerprint density at radius 1 is 1.16 bits per heavy atom. The first-order valence-corrected chi connectivity index (χ1v) is 12.0. The first kappa shape index (κ1) is 22.0. The number of rotatable bonds is 5. The van der Waals surface area contributed by atoms with Gasteiger partial charge in [0.05, 0.1) is 29.0 Å². The van der Waals surface area contributed by atoms with Crippen molar-refractivity contribution >= 4 is 28.1 Å². The molecule has 0 spiro atoms. The molecule has 166 valence electrons. The van der Waals surface area contributed by atoms with Crippen LogP contribution in [0.3, 0.4) is 0 Å². The van der Waals surface area contributed by atoms with E-state index in [9.17, 15) is 4.79 Å².